The van der Waals surface area contributed by atoms with Crippen molar-refractivity contribution >= 4 is 10.0 Å². The number of nitrogens with zero attached hydrogens (tertiary/aromatic N) is 1. The van der Waals surface area contributed by atoms with Gasteiger partial charge in [-0.3, -0.25) is 0 Å². The third kappa shape index (κ3) is 4.28. The molecule has 1 aliphatic carbocycles. The minimum atomic E-state index is -3.27. The minimum Gasteiger partial charge on any atom is -0.326 e. The van der Waals surface area contributed by atoms with Gasteiger partial charge in [-0.25, -0.2) is 12.7 Å². The Balaban J connectivity index is 2.09. The van der Waals surface area contributed by atoms with Gasteiger partial charge in [0.2, 0.25) is 10.0 Å². The van der Waals surface area contributed by atoms with Gasteiger partial charge in [-0.15, -0.1) is 0 Å². The van der Waals surface area contributed by atoms with Crippen LogP contribution < -0.4 is 5.73 Å². The van der Waals surface area contributed by atoms with Crippen LogP contribution in [0.3, 0.4) is 0 Å². The summed E-state index contributed by atoms with van der Waals surface area (Å²) in [6, 6.07) is 7.68. The van der Waals surface area contributed by atoms with Crippen LogP contribution in [-0.4, -0.2) is 25.8 Å². The minimum absolute atomic E-state index is 0.0578. The highest BCUT2D eigenvalue weighted by atomic mass is 32.2. The monoisotopic (exact) mass is 310 g/mol. The molecule has 0 saturated heterocycles. The molecule has 1 fully saturated rings. The van der Waals surface area contributed by atoms with Crippen molar-refractivity contribution in [1.82, 2.24) is 4.31 Å². The predicted octanol–water partition coefficient (Wildman–Crippen LogP) is 2.49. The first-order valence-electron chi connectivity index (χ1n) is 7.66. The molecule has 0 heterocycles. The molecule has 2 atom stereocenters. The number of hydrogen-bond acceptors (Lipinski definition) is 3. The standard InChI is InChI=1S/C16H26N2O2S/c1-13-5-3-8-16(9-13)18(2)21(19,20)12-15-7-4-6-14(10-15)11-17/h4,6-7,10,13,16H,3,5,8-9,11-12,17H2,1-2H3. The maximum Gasteiger partial charge on any atom is 0.218 e. The van der Waals surface area contributed by atoms with Gasteiger partial charge in [0.1, 0.15) is 0 Å². The van der Waals surface area contributed by atoms with Gasteiger partial charge >= 0.3 is 0 Å². The highest BCUT2D eigenvalue weighted by molar-refractivity contribution is 7.88. The van der Waals surface area contributed by atoms with E-state index < -0.39 is 10.0 Å². The van der Waals surface area contributed by atoms with Gasteiger partial charge in [0, 0.05) is 19.6 Å². The first kappa shape index (κ1) is 16.5. The molecular formula is C16H26N2O2S. The first-order valence-corrected chi connectivity index (χ1v) is 9.27. The summed E-state index contributed by atoms with van der Waals surface area (Å²) in [6.45, 7) is 2.64. The van der Waals surface area contributed by atoms with Gasteiger partial charge in [-0.1, -0.05) is 44.0 Å². The van der Waals surface area contributed by atoms with E-state index in [1.807, 2.05) is 24.3 Å². The molecule has 1 aromatic carbocycles. The Labute approximate surface area is 128 Å². The Hall–Kier alpha value is -0.910. The van der Waals surface area contributed by atoms with Crippen molar-refractivity contribution in [2.45, 2.75) is 50.9 Å². The lowest BCUT2D eigenvalue weighted by atomic mass is 9.87. The topological polar surface area (TPSA) is 63.4 Å². The summed E-state index contributed by atoms with van der Waals surface area (Å²) in [7, 11) is -1.54. The summed E-state index contributed by atoms with van der Waals surface area (Å²) in [6.07, 6.45) is 4.28. The molecule has 1 aliphatic rings. The van der Waals surface area contributed by atoms with Crippen LogP contribution in [0.4, 0.5) is 0 Å². The van der Waals surface area contributed by atoms with E-state index in [4.69, 9.17) is 5.73 Å². The molecule has 118 valence electrons. The lowest BCUT2D eigenvalue weighted by Crippen LogP contribution is -2.40. The van der Waals surface area contributed by atoms with Crippen LogP contribution in [0.15, 0.2) is 24.3 Å². The second kappa shape index (κ2) is 6.90. The smallest absolute Gasteiger partial charge is 0.218 e. The SMILES string of the molecule is CC1CCCC(N(C)S(=O)(=O)Cc2cccc(CN)c2)C1. The van der Waals surface area contributed by atoms with Gasteiger partial charge in [0.25, 0.3) is 0 Å². The van der Waals surface area contributed by atoms with E-state index in [-0.39, 0.29) is 11.8 Å². The summed E-state index contributed by atoms with van der Waals surface area (Å²) in [5.41, 5.74) is 7.40. The Morgan fingerprint density at radius 3 is 2.67 bits per heavy atom. The number of nitrogens with two attached hydrogens (primary N) is 1. The van der Waals surface area contributed by atoms with Gasteiger partial charge in [-0.05, 0) is 29.9 Å². The van der Waals surface area contributed by atoms with E-state index in [2.05, 4.69) is 6.92 Å². The summed E-state index contributed by atoms with van der Waals surface area (Å²) >= 11 is 0. The second-order valence-electron chi connectivity index (χ2n) is 6.22. The summed E-state index contributed by atoms with van der Waals surface area (Å²) in [4.78, 5) is 0. The zero-order valence-electron chi connectivity index (χ0n) is 13.0. The molecule has 0 aromatic heterocycles. The number of hydrogen-bond donors (Lipinski definition) is 1. The van der Waals surface area contributed by atoms with E-state index in [0.717, 1.165) is 30.4 Å². The fourth-order valence-electron chi connectivity index (χ4n) is 3.12. The van der Waals surface area contributed by atoms with Crippen LogP contribution in [0.5, 0.6) is 0 Å². The lowest BCUT2D eigenvalue weighted by Gasteiger charge is -2.33. The summed E-state index contributed by atoms with van der Waals surface area (Å²) < 4.78 is 26.8. The summed E-state index contributed by atoms with van der Waals surface area (Å²) in [5, 5.41) is 0. The molecule has 2 N–H and O–H groups in total. The Morgan fingerprint density at radius 2 is 2.00 bits per heavy atom. The van der Waals surface area contributed by atoms with Crippen LogP contribution in [0.1, 0.15) is 43.7 Å². The van der Waals surface area contributed by atoms with Gasteiger partial charge < -0.3 is 5.73 Å². The van der Waals surface area contributed by atoms with Gasteiger partial charge in [0.05, 0.1) is 5.75 Å². The quantitative estimate of drug-likeness (QED) is 0.909. The fourth-order valence-corrected chi connectivity index (χ4v) is 4.57. The van der Waals surface area contributed by atoms with Crippen LogP contribution >= 0.6 is 0 Å². The second-order valence-corrected chi connectivity index (χ2v) is 8.25. The lowest BCUT2D eigenvalue weighted by molar-refractivity contribution is 0.239. The Morgan fingerprint density at radius 1 is 1.29 bits per heavy atom. The van der Waals surface area contributed by atoms with E-state index in [1.165, 1.54) is 6.42 Å². The average molecular weight is 310 g/mol. The normalized spacial score (nSPS) is 23.4. The Kier molecular flexibility index (Phi) is 5.41. The van der Waals surface area contributed by atoms with Crippen molar-refractivity contribution in [2.75, 3.05) is 7.05 Å². The summed E-state index contributed by atoms with van der Waals surface area (Å²) in [5.74, 6) is 0.671. The molecule has 0 aliphatic heterocycles. The molecule has 0 spiro atoms. The van der Waals surface area contributed by atoms with Gasteiger partial charge in [-0.2, -0.15) is 0 Å². The number of rotatable bonds is 5. The molecule has 2 unspecified atom stereocenters. The predicted molar refractivity (Wildman–Crippen MR) is 86.1 cm³/mol. The van der Waals surface area contributed by atoms with Crippen molar-refractivity contribution in [3.8, 4) is 0 Å². The van der Waals surface area contributed by atoms with Crippen molar-refractivity contribution < 1.29 is 8.42 Å². The third-order valence-corrected chi connectivity index (χ3v) is 6.31. The maximum absolute atomic E-state index is 12.6. The molecule has 0 bridgehead atoms. The molecule has 5 heteroatoms. The number of sulfonamides is 1. The van der Waals surface area contributed by atoms with E-state index in [0.29, 0.717) is 12.5 Å². The largest absolute Gasteiger partial charge is 0.326 e. The van der Waals surface area contributed by atoms with Crippen LogP contribution in [-0.2, 0) is 22.3 Å². The van der Waals surface area contributed by atoms with Crippen LogP contribution in [0, 0.1) is 5.92 Å². The molecular weight excluding hydrogens is 284 g/mol. The first-order chi connectivity index (χ1) is 9.92. The van der Waals surface area contributed by atoms with Crippen molar-refractivity contribution in [3.05, 3.63) is 35.4 Å². The van der Waals surface area contributed by atoms with E-state index >= 15 is 0 Å². The molecule has 0 amide bonds. The highest BCUT2D eigenvalue weighted by Crippen LogP contribution is 2.28. The van der Waals surface area contributed by atoms with Crippen molar-refractivity contribution in [2.24, 2.45) is 11.7 Å². The van der Waals surface area contributed by atoms with Gasteiger partial charge in [0.15, 0.2) is 0 Å². The molecule has 4 nitrogen and oxygen atoms in total. The average Bonchev–Trinajstić information content (AvgIpc) is 2.46. The third-order valence-electron chi connectivity index (χ3n) is 4.44. The Bertz CT molecular complexity index is 571. The maximum atomic E-state index is 12.6. The molecule has 2 rings (SSSR count). The van der Waals surface area contributed by atoms with E-state index in [1.54, 1.807) is 11.4 Å². The zero-order chi connectivity index (χ0) is 15.5. The zero-order valence-corrected chi connectivity index (χ0v) is 13.8. The molecule has 1 aromatic rings. The number of benzene rings is 1. The van der Waals surface area contributed by atoms with Crippen molar-refractivity contribution in [1.29, 1.82) is 0 Å². The van der Waals surface area contributed by atoms with Crippen LogP contribution in [0.25, 0.3) is 0 Å². The van der Waals surface area contributed by atoms with Crippen LogP contribution in [0.2, 0.25) is 0 Å². The molecule has 0 radical (unpaired) electrons. The van der Waals surface area contributed by atoms with E-state index in [9.17, 15) is 8.42 Å². The fraction of sp³-hybridized carbons (Fsp3) is 0.625. The van der Waals surface area contributed by atoms with Crippen molar-refractivity contribution in [3.63, 3.8) is 0 Å². The highest BCUT2D eigenvalue weighted by Gasteiger charge is 2.29. The molecule has 21 heavy (non-hydrogen) atoms. The molecule has 1 saturated carbocycles.